The molecule has 0 aromatic heterocycles. The fourth-order valence-corrected chi connectivity index (χ4v) is 2.71. The minimum absolute atomic E-state index is 0. The minimum atomic E-state index is -0.327. The van der Waals surface area contributed by atoms with Gasteiger partial charge in [-0.25, -0.2) is 0 Å². The zero-order valence-electron chi connectivity index (χ0n) is 17.0. The number of rotatable bonds is 9. The smallest absolute Gasteiger partial charge is 0.683 e. The van der Waals surface area contributed by atoms with Crippen molar-refractivity contribution in [1.82, 2.24) is 15.5 Å². The van der Waals surface area contributed by atoms with E-state index < -0.39 is 0 Å². The normalized spacial score (nSPS) is 12.9. The molecule has 27 heavy (non-hydrogen) atoms. The Labute approximate surface area is 204 Å². The number of amides is 3. The third-order valence-electron chi connectivity index (χ3n) is 4.12. The first-order valence-corrected chi connectivity index (χ1v) is 9.05. The van der Waals surface area contributed by atoms with Crippen molar-refractivity contribution in [3.05, 3.63) is 34.6 Å². The molecule has 7 nitrogen and oxygen atoms in total. The van der Waals surface area contributed by atoms with Gasteiger partial charge in [-0.1, -0.05) is 32.0 Å². The summed E-state index contributed by atoms with van der Waals surface area (Å²) in [6.45, 7) is 7.94. The number of benzene rings is 1. The maximum atomic E-state index is 12.5. The number of likely N-dealkylation sites (N-methyl/N-ethyl adjacent to an activating group) is 1. The first-order valence-electron chi connectivity index (χ1n) is 9.05. The Balaban J connectivity index is 0.00000218. The fourth-order valence-electron chi connectivity index (χ4n) is 2.71. The predicted molar refractivity (Wildman–Crippen MR) is 102 cm³/mol. The molecule has 2 N–H and O–H groups in total. The number of hydrogen-bond donors (Lipinski definition) is 2. The molecule has 0 aliphatic carbocycles. The maximum absolute atomic E-state index is 12.5. The molecule has 1 unspecified atom stereocenters. The van der Waals surface area contributed by atoms with E-state index in [1.807, 2.05) is 46.0 Å². The Bertz CT molecular complexity index is 625. The molecule has 1 aromatic rings. The number of nitrogens with one attached hydrogen (secondary N) is 2. The Morgan fingerprint density at radius 1 is 1.37 bits per heavy atom. The number of nitrogens with zero attached hydrogens (tertiary/aromatic N) is 2. The molecule has 2 rings (SSSR count). The van der Waals surface area contributed by atoms with E-state index in [1.54, 1.807) is 4.90 Å². The molecule has 1 aliphatic rings. The average molecular weight is 401 g/mol. The molecule has 0 saturated carbocycles. The van der Waals surface area contributed by atoms with Crippen LogP contribution in [0.5, 0.6) is 0 Å². The number of carbonyl (C=O) groups excluding carboxylic acids is 3. The topological polar surface area (TPSA) is 92.6 Å². The van der Waals surface area contributed by atoms with Gasteiger partial charge < -0.3 is 15.5 Å². The van der Waals surface area contributed by atoms with Crippen LogP contribution in [-0.4, -0.2) is 49.3 Å². The van der Waals surface area contributed by atoms with E-state index in [4.69, 9.17) is 0 Å². The Morgan fingerprint density at radius 3 is 2.70 bits per heavy atom. The fraction of sp³-hybridized carbons (Fsp3) is 0.526. The van der Waals surface area contributed by atoms with Crippen molar-refractivity contribution in [3.8, 4) is 0 Å². The van der Waals surface area contributed by atoms with Gasteiger partial charge in [-0.3, -0.25) is 19.7 Å². The van der Waals surface area contributed by atoms with E-state index in [0.29, 0.717) is 31.5 Å². The predicted octanol–water partition coefficient (Wildman–Crippen LogP) is -0.661. The molecule has 144 valence electrons. The summed E-state index contributed by atoms with van der Waals surface area (Å²) < 4.78 is 0. The molecule has 1 heterocycles. The monoisotopic (exact) mass is 400 g/mol. The van der Waals surface area contributed by atoms with Crippen LogP contribution >= 0.6 is 0 Å². The van der Waals surface area contributed by atoms with Gasteiger partial charge in [0.05, 0.1) is 0 Å². The van der Waals surface area contributed by atoms with Crippen molar-refractivity contribution in [3.63, 3.8) is 0 Å². The van der Waals surface area contributed by atoms with E-state index in [-0.39, 0.29) is 75.7 Å². The summed E-state index contributed by atoms with van der Waals surface area (Å²) >= 11 is 0. The number of imide groups is 1. The summed E-state index contributed by atoms with van der Waals surface area (Å²) in [6.07, 6.45) is 1.10. The zero-order chi connectivity index (χ0) is 19.5. The first-order chi connectivity index (χ1) is 12.6. The van der Waals surface area contributed by atoms with Crippen LogP contribution in [0, 0.1) is 0 Å². The first kappa shape index (κ1) is 26.2. The number of fused-ring (bicyclic) bond motifs is 1. The van der Waals surface area contributed by atoms with Gasteiger partial charge in [0.2, 0.25) is 12.3 Å². The summed E-state index contributed by atoms with van der Waals surface area (Å²) in [5.74, 6) is -0.346. The Hall–Kier alpha value is -0.774. The van der Waals surface area contributed by atoms with Gasteiger partial charge in [-0.15, -0.1) is 12.2 Å². The summed E-state index contributed by atoms with van der Waals surface area (Å²) in [5, 5.41) is 9.62. The van der Waals surface area contributed by atoms with Crippen molar-refractivity contribution in [2.45, 2.75) is 46.2 Å². The molecule has 1 aromatic carbocycles. The third kappa shape index (κ3) is 8.01. The van der Waals surface area contributed by atoms with E-state index in [2.05, 4.69) is 16.0 Å². The van der Waals surface area contributed by atoms with Gasteiger partial charge in [-0.2, -0.15) is 0 Å². The largest absolute Gasteiger partial charge is 1.00 e. The molecule has 0 bridgehead atoms. The van der Waals surface area contributed by atoms with E-state index in [1.165, 1.54) is 0 Å². The quantitative estimate of drug-likeness (QED) is 0.327. The average Bonchev–Trinajstić information content (AvgIpc) is 2.98. The third-order valence-corrected chi connectivity index (χ3v) is 4.12. The van der Waals surface area contributed by atoms with Crippen LogP contribution < -0.4 is 62.0 Å². The summed E-state index contributed by atoms with van der Waals surface area (Å²) in [5.41, 5.74) is 2.54. The molecule has 0 radical (unpaired) electrons. The van der Waals surface area contributed by atoms with Crippen molar-refractivity contribution in [2.75, 3.05) is 20.1 Å². The molecule has 3 amide bonds. The van der Waals surface area contributed by atoms with Gasteiger partial charge in [0, 0.05) is 24.6 Å². The maximum Gasteiger partial charge on any atom is 1.00 e. The van der Waals surface area contributed by atoms with Gasteiger partial charge in [0.15, 0.2) is 0 Å². The molecule has 1 aliphatic heterocycles. The second-order valence-corrected chi connectivity index (χ2v) is 5.83. The van der Waals surface area contributed by atoms with E-state index >= 15 is 0 Å². The Kier molecular flexibility index (Phi) is 13.8. The molecule has 0 spiro atoms. The van der Waals surface area contributed by atoms with Crippen LogP contribution in [0.1, 0.15) is 49.5 Å². The SMILES string of the molecule is CC.CNCC[N-]c1ccc2c(c1)CN(C(C)CCC(=O)NC=O)C2=O.[K+]. The standard InChI is InChI=1S/C17H24N4O3.C2H6.K/c1-12(3-6-16(23)20-11-22)21-10-13-9-14(19-8-7-18-2)4-5-15(13)17(21)24;1-2;/h4-5,9,11-12,18H,3,6-8,10H2,1-2H3,(H2,19,20,22,23,24);1-2H3;/q;;+1/p-1. The van der Waals surface area contributed by atoms with Gasteiger partial charge >= 0.3 is 51.4 Å². The van der Waals surface area contributed by atoms with Crippen LogP contribution in [0.4, 0.5) is 5.69 Å². The van der Waals surface area contributed by atoms with Gasteiger partial charge in [0.1, 0.15) is 0 Å². The van der Waals surface area contributed by atoms with Crippen molar-refractivity contribution < 1.29 is 65.8 Å². The summed E-state index contributed by atoms with van der Waals surface area (Å²) in [6, 6.07) is 5.56. The number of carbonyl (C=O) groups is 3. The Morgan fingerprint density at radius 2 is 2.07 bits per heavy atom. The second kappa shape index (κ2) is 14.3. The minimum Gasteiger partial charge on any atom is -0.683 e. The molecular weight excluding hydrogens is 371 g/mol. The van der Waals surface area contributed by atoms with Crippen LogP contribution in [0.25, 0.3) is 5.32 Å². The summed E-state index contributed by atoms with van der Waals surface area (Å²) in [7, 11) is 1.88. The van der Waals surface area contributed by atoms with Gasteiger partial charge in [-0.05, 0) is 32.5 Å². The molecule has 1 atom stereocenters. The van der Waals surface area contributed by atoms with E-state index in [9.17, 15) is 14.4 Å². The number of hydrogen-bond acceptors (Lipinski definition) is 4. The van der Waals surface area contributed by atoms with Crippen molar-refractivity contribution in [1.29, 1.82) is 0 Å². The van der Waals surface area contributed by atoms with Crippen LogP contribution in [0.15, 0.2) is 18.2 Å². The van der Waals surface area contributed by atoms with Crippen molar-refractivity contribution in [2.24, 2.45) is 0 Å². The van der Waals surface area contributed by atoms with Crippen LogP contribution in [-0.2, 0) is 16.1 Å². The second-order valence-electron chi connectivity index (χ2n) is 5.83. The van der Waals surface area contributed by atoms with Gasteiger partial charge in [0.25, 0.3) is 5.91 Å². The molecule has 0 fully saturated rings. The summed E-state index contributed by atoms with van der Waals surface area (Å²) in [4.78, 5) is 35.9. The molecular formula is C19H29KN4O3. The van der Waals surface area contributed by atoms with Crippen molar-refractivity contribution >= 4 is 23.9 Å². The van der Waals surface area contributed by atoms with E-state index in [0.717, 1.165) is 17.8 Å². The van der Waals surface area contributed by atoms with Crippen LogP contribution in [0.2, 0.25) is 0 Å². The van der Waals surface area contributed by atoms with Crippen LogP contribution in [0.3, 0.4) is 0 Å². The molecule has 0 saturated heterocycles. The zero-order valence-corrected chi connectivity index (χ0v) is 20.2. The molecule has 8 heteroatoms.